The van der Waals surface area contributed by atoms with Gasteiger partial charge in [0.15, 0.2) is 0 Å². The number of aromatic nitrogens is 2. The summed E-state index contributed by atoms with van der Waals surface area (Å²) in [4.78, 5) is 15.8. The highest BCUT2D eigenvalue weighted by Gasteiger charge is 2.10. The number of nitrogens with zero attached hydrogens (tertiary/aromatic N) is 2. The van der Waals surface area contributed by atoms with Crippen LogP contribution in [0.25, 0.3) is 0 Å². The summed E-state index contributed by atoms with van der Waals surface area (Å²) in [5.74, 6) is 1.34. The molecule has 108 valence electrons. The van der Waals surface area contributed by atoms with Gasteiger partial charge in [0, 0.05) is 18.9 Å². The molecule has 1 unspecified atom stereocenters. The van der Waals surface area contributed by atoms with Gasteiger partial charge in [-0.15, -0.1) is 0 Å². The number of aryl methyl sites for hydroxylation is 2. The minimum atomic E-state index is -0.108. The molecule has 1 rings (SSSR count). The Morgan fingerprint density at radius 3 is 2.84 bits per heavy atom. The first-order valence-electron chi connectivity index (χ1n) is 7.30. The maximum absolute atomic E-state index is 11.7. The molecule has 0 aliphatic heterocycles. The van der Waals surface area contributed by atoms with Crippen LogP contribution in [0.4, 0.5) is 0 Å². The van der Waals surface area contributed by atoms with Gasteiger partial charge in [-0.05, 0) is 19.3 Å². The monoisotopic (exact) mass is 266 g/mol. The van der Waals surface area contributed by atoms with Gasteiger partial charge in [0.25, 0.3) is 0 Å². The van der Waals surface area contributed by atoms with Crippen LogP contribution in [0, 0.1) is 12.8 Å². The fourth-order valence-corrected chi connectivity index (χ4v) is 2.03. The Morgan fingerprint density at radius 1 is 1.47 bits per heavy atom. The van der Waals surface area contributed by atoms with Crippen molar-refractivity contribution in [2.24, 2.45) is 5.92 Å². The summed E-state index contributed by atoms with van der Waals surface area (Å²) >= 11 is 0. The number of carbonyl (C=O) groups is 1. The summed E-state index contributed by atoms with van der Waals surface area (Å²) < 4.78 is 7.33. The van der Waals surface area contributed by atoms with E-state index < -0.39 is 0 Å². The van der Waals surface area contributed by atoms with E-state index in [-0.39, 0.29) is 5.97 Å². The molecule has 19 heavy (non-hydrogen) atoms. The lowest BCUT2D eigenvalue weighted by Crippen LogP contribution is -2.15. The quantitative estimate of drug-likeness (QED) is 0.644. The number of ether oxygens (including phenoxy) is 1. The van der Waals surface area contributed by atoms with E-state index in [1.54, 1.807) is 6.20 Å². The van der Waals surface area contributed by atoms with Crippen LogP contribution in [0.3, 0.4) is 0 Å². The van der Waals surface area contributed by atoms with Crippen LogP contribution in [-0.4, -0.2) is 22.1 Å². The summed E-state index contributed by atoms with van der Waals surface area (Å²) in [6.07, 6.45) is 8.70. The molecule has 0 aromatic carbocycles. The highest BCUT2D eigenvalue weighted by atomic mass is 16.5. The first kappa shape index (κ1) is 15.7. The number of hydrogen-bond donors (Lipinski definition) is 0. The number of imidazole rings is 1. The van der Waals surface area contributed by atoms with Crippen LogP contribution < -0.4 is 0 Å². The Morgan fingerprint density at radius 2 is 2.26 bits per heavy atom. The molecule has 1 aromatic rings. The van der Waals surface area contributed by atoms with Crippen molar-refractivity contribution in [1.82, 2.24) is 9.55 Å². The van der Waals surface area contributed by atoms with Crippen LogP contribution in [-0.2, 0) is 16.1 Å². The van der Waals surface area contributed by atoms with Crippen LogP contribution in [0.2, 0.25) is 0 Å². The number of esters is 1. The molecular weight excluding hydrogens is 240 g/mol. The standard InChI is InChI=1S/C15H26N2O2/c1-4-6-7-14(5-2)12-19-15(18)8-10-17-11-9-16-13(17)3/h9,11,14H,4-8,10,12H2,1-3H3. The van der Waals surface area contributed by atoms with Crippen molar-refractivity contribution < 1.29 is 9.53 Å². The minimum absolute atomic E-state index is 0.108. The number of carbonyl (C=O) groups excluding carboxylic acids is 1. The van der Waals surface area contributed by atoms with Gasteiger partial charge in [-0.3, -0.25) is 4.79 Å². The predicted molar refractivity (Wildman–Crippen MR) is 75.8 cm³/mol. The van der Waals surface area contributed by atoms with E-state index in [0.717, 1.165) is 18.7 Å². The van der Waals surface area contributed by atoms with Crippen molar-refractivity contribution in [3.05, 3.63) is 18.2 Å². The molecule has 0 saturated heterocycles. The van der Waals surface area contributed by atoms with Crippen molar-refractivity contribution in [2.75, 3.05) is 6.61 Å². The lowest BCUT2D eigenvalue weighted by molar-refractivity contribution is -0.145. The van der Waals surface area contributed by atoms with Crippen molar-refractivity contribution in [3.63, 3.8) is 0 Å². The van der Waals surface area contributed by atoms with Crippen LogP contribution in [0.15, 0.2) is 12.4 Å². The van der Waals surface area contributed by atoms with E-state index in [1.165, 1.54) is 12.8 Å². The molecule has 0 spiro atoms. The van der Waals surface area contributed by atoms with Gasteiger partial charge in [-0.1, -0.05) is 33.1 Å². The zero-order valence-corrected chi connectivity index (χ0v) is 12.4. The average Bonchev–Trinajstić information content (AvgIpc) is 2.82. The summed E-state index contributed by atoms with van der Waals surface area (Å²) in [6, 6.07) is 0. The molecule has 0 aliphatic rings. The molecule has 1 atom stereocenters. The number of unbranched alkanes of at least 4 members (excludes halogenated alkanes) is 1. The molecule has 0 fully saturated rings. The van der Waals surface area contributed by atoms with Gasteiger partial charge < -0.3 is 9.30 Å². The Kier molecular flexibility index (Phi) is 7.23. The normalized spacial score (nSPS) is 12.4. The zero-order chi connectivity index (χ0) is 14.1. The van der Waals surface area contributed by atoms with Gasteiger partial charge in [0.1, 0.15) is 5.82 Å². The van der Waals surface area contributed by atoms with Crippen LogP contribution >= 0.6 is 0 Å². The van der Waals surface area contributed by atoms with Crippen molar-refractivity contribution in [2.45, 2.75) is 59.4 Å². The van der Waals surface area contributed by atoms with E-state index in [1.807, 2.05) is 17.7 Å². The third-order valence-electron chi connectivity index (χ3n) is 3.50. The van der Waals surface area contributed by atoms with Gasteiger partial charge >= 0.3 is 5.97 Å². The molecule has 4 nitrogen and oxygen atoms in total. The average molecular weight is 266 g/mol. The smallest absolute Gasteiger partial charge is 0.307 e. The number of rotatable bonds is 9. The summed E-state index contributed by atoms with van der Waals surface area (Å²) in [6.45, 7) is 7.49. The maximum Gasteiger partial charge on any atom is 0.307 e. The highest BCUT2D eigenvalue weighted by Crippen LogP contribution is 2.13. The van der Waals surface area contributed by atoms with Gasteiger partial charge in [-0.2, -0.15) is 0 Å². The molecule has 0 bridgehead atoms. The first-order valence-corrected chi connectivity index (χ1v) is 7.30. The van der Waals surface area contributed by atoms with Gasteiger partial charge in [0.2, 0.25) is 0 Å². The number of hydrogen-bond acceptors (Lipinski definition) is 3. The highest BCUT2D eigenvalue weighted by molar-refractivity contribution is 5.69. The topological polar surface area (TPSA) is 44.1 Å². The van der Waals surface area contributed by atoms with Crippen LogP contribution in [0.1, 0.15) is 51.8 Å². The Bertz CT molecular complexity index is 374. The fraction of sp³-hybridized carbons (Fsp3) is 0.733. The SMILES string of the molecule is CCCCC(CC)COC(=O)CCn1ccnc1C. The summed E-state index contributed by atoms with van der Waals surface area (Å²) in [5.41, 5.74) is 0. The fourth-order valence-electron chi connectivity index (χ4n) is 2.03. The molecule has 4 heteroatoms. The molecule has 0 amide bonds. The largest absolute Gasteiger partial charge is 0.465 e. The molecule has 0 radical (unpaired) electrons. The van der Waals surface area contributed by atoms with E-state index in [0.29, 0.717) is 25.5 Å². The Labute approximate surface area is 116 Å². The predicted octanol–water partition coefficient (Wildman–Crippen LogP) is 3.34. The van der Waals surface area contributed by atoms with E-state index >= 15 is 0 Å². The van der Waals surface area contributed by atoms with Crippen LogP contribution in [0.5, 0.6) is 0 Å². The summed E-state index contributed by atoms with van der Waals surface area (Å²) in [5, 5.41) is 0. The second-order valence-electron chi connectivity index (χ2n) is 5.02. The summed E-state index contributed by atoms with van der Waals surface area (Å²) in [7, 11) is 0. The molecular formula is C15H26N2O2. The molecule has 0 N–H and O–H groups in total. The van der Waals surface area contributed by atoms with Crippen molar-refractivity contribution in [3.8, 4) is 0 Å². The molecule has 0 aliphatic carbocycles. The Balaban J connectivity index is 2.21. The minimum Gasteiger partial charge on any atom is -0.465 e. The maximum atomic E-state index is 11.7. The van der Waals surface area contributed by atoms with E-state index in [4.69, 9.17) is 4.74 Å². The Hall–Kier alpha value is -1.32. The van der Waals surface area contributed by atoms with Crippen molar-refractivity contribution >= 4 is 5.97 Å². The lowest BCUT2D eigenvalue weighted by Gasteiger charge is -2.14. The molecule has 1 heterocycles. The zero-order valence-electron chi connectivity index (χ0n) is 12.4. The first-order chi connectivity index (χ1) is 9.17. The van der Waals surface area contributed by atoms with Gasteiger partial charge in [0.05, 0.1) is 13.0 Å². The van der Waals surface area contributed by atoms with Crippen molar-refractivity contribution in [1.29, 1.82) is 0 Å². The second-order valence-corrected chi connectivity index (χ2v) is 5.02. The van der Waals surface area contributed by atoms with E-state index in [9.17, 15) is 4.79 Å². The van der Waals surface area contributed by atoms with E-state index in [2.05, 4.69) is 18.8 Å². The van der Waals surface area contributed by atoms with Gasteiger partial charge in [-0.25, -0.2) is 4.98 Å². The third-order valence-corrected chi connectivity index (χ3v) is 3.50. The molecule has 1 aromatic heterocycles. The second kappa shape index (κ2) is 8.73. The molecule has 0 saturated carbocycles. The lowest BCUT2D eigenvalue weighted by atomic mass is 10.0. The third kappa shape index (κ3) is 5.90.